The lowest BCUT2D eigenvalue weighted by Gasteiger charge is -2.07. The Morgan fingerprint density at radius 3 is 2.67 bits per heavy atom. The number of hydrogen-bond acceptors (Lipinski definition) is 7. The molecular weight excluding hydrogens is 314 g/mol. The Morgan fingerprint density at radius 1 is 1.25 bits per heavy atom. The Bertz CT molecular complexity index is 683. The highest BCUT2D eigenvalue weighted by Crippen LogP contribution is 2.10. The smallest absolute Gasteiger partial charge is 0.325 e. The molecule has 0 spiro atoms. The molecule has 0 unspecified atom stereocenters. The Balaban J connectivity index is 1.77. The van der Waals surface area contributed by atoms with Crippen molar-refractivity contribution in [1.82, 2.24) is 25.5 Å². The number of benzene rings is 1. The van der Waals surface area contributed by atoms with Gasteiger partial charge in [-0.3, -0.25) is 9.59 Å². The number of nitrogens with zero attached hydrogens (tertiary/aromatic N) is 4. The number of rotatable bonds is 8. The molecule has 0 radical (unpaired) electrons. The lowest BCUT2D eigenvalue weighted by molar-refractivity contribution is -0.144. The summed E-state index contributed by atoms with van der Waals surface area (Å²) in [5.41, 5.74) is 0.426. The fourth-order valence-corrected chi connectivity index (χ4v) is 1.91. The van der Waals surface area contributed by atoms with Crippen LogP contribution in [0.1, 0.15) is 29.5 Å². The number of esters is 1. The molecule has 1 aromatic carbocycles. The molecule has 1 amide bonds. The lowest BCUT2D eigenvalue weighted by Crippen LogP contribution is -2.30. The van der Waals surface area contributed by atoms with E-state index in [1.165, 1.54) is 0 Å². The van der Waals surface area contributed by atoms with Gasteiger partial charge in [0.2, 0.25) is 0 Å². The Hall–Kier alpha value is -2.97. The van der Waals surface area contributed by atoms with Crippen molar-refractivity contribution >= 4 is 11.9 Å². The number of amides is 1. The van der Waals surface area contributed by atoms with Crippen molar-refractivity contribution in [2.45, 2.75) is 26.5 Å². The van der Waals surface area contributed by atoms with Crippen molar-refractivity contribution in [3.63, 3.8) is 0 Å². The van der Waals surface area contributed by atoms with Crippen molar-refractivity contribution in [2.75, 3.05) is 13.7 Å². The van der Waals surface area contributed by atoms with Gasteiger partial charge in [-0.05, 0) is 41.1 Å². The van der Waals surface area contributed by atoms with Gasteiger partial charge in [-0.15, -0.1) is 5.10 Å². The zero-order valence-electron chi connectivity index (χ0n) is 13.6. The molecule has 2 rings (SSSR count). The van der Waals surface area contributed by atoms with E-state index in [1.807, 2.05) is 6.92 Å². The van der Waals surface area contributed by atoms with Gasteiger partial charge in [0.1, 0.15) is 12.3 Å². The van der Waals surface area contributed by atoms with E-state index in [-0.39, 0.29) is 19.1 Å². The molecule has 0 fully saturated rings. The average Bonchev–Trinajstić information content (AvgIpc) is 3.05. The zero-order valence-corrected chi connectivity index (χ0v) is 13.6. The average molecular weight is 333 g/mol. The molecule has 9 heteroatoms. The van der Waals surface area contributed by atoms with E-state index in [0.29, 0.717) is 23.7 Å². The number of carbonyl (C=O) groups is 2. The van der Waals surface area contributed by atoms with Crippen LogP contribution in [0.25, 0.3) is 0 Å². The molecule has 0 atom stereocenters. The van der Waals surface area contributed by atoms with Gasteiger partial charge >= 0.3 is 5.97 Å². The zero-order chi connectivity index (χ0) is 17.4. The molecule has 0 aliphatic heterocycles. The number of tetrazole rings is 1. The fraction of sp³-hybridized carbons (Fsp3) is 0.400. The standard InChI is InChI=1S/C15H19N5O4/c1-3-8-20-13(17-18-19-20)10-24-14(21)9-16-15(22)11-4-6-12(23-2)7-5-11/h4-7H,3,8-10H2,1-2H3,(H,16,22). The molecule has 0 aliphatic rings. The summed E-state index contributed by atoms with van der Waals surface area (Å²) in [6.07, 6.45) is 0.865. The van der Waals surface area contributed by atoms with E-state index in [1.54, 1.807) is 36.1 Å². The van der Waals surface area contributed by atoms with Crippen LogP contribution in [0.3, 0.4) is 0 Å². The van der Waals surface area contributed by atoms with Crippen LogP contribution in [0.2, 0.25) is 0 Å². The normalized spacial score (nSPS) is 10.2. The summed E-state index contributed by atoms with van der Waals surface area (Å²) in [5, 5.41) is 13.6. The quantitative estimate of drug-likeness (QED) is 0.703. The summed E-state index contributed by atoms with van der Waals surface area (Å²) in [6, 6.07) is 6.55. The first kappa shape index (κ1) is 17.4. The number of carbonyl (C=O) groups excluding carboxylic acids is 2. The van der Waals surface area contributed by atoms with Crippen LogP contribution in [0.5, 0.6) is 5.75 Å². The van der Waals surface area contributed by atoms with E-state index in [4.69, 9.17) is 9.47 Å². The minimum absolute atomic E-state index is 0.0375. The second-order valence-electron chi connectivity index (χ2n) is 4.89. The fourth-order valence-electron chi connectivity index (χ4n) is 1.91. The van der Waals surface area contributed by atoms with E-state index in [2.05, 4.69) is 20.8 Å². The topological polar surface area (TPSA) is 108 Å². The highest BCUT2D eigenvalue weighted by atomic mass is 16.5. The minimum Gasteiger partial charge on any atom is -0.497 e. The van der Waals surface area contributed by atoms with Crippen LogP contribution in [-0.2, 0) is 22.7 Å². The van der Waals surface area contributed by atoms with Gasteiger partial charge in [-0.25, -0.2) is 4.68 Å². The number of methoxy groups -OCH3 is 1. The number of hydrogen-bond donors (Lipinski definition) is 1. The molecule has 24 heavy (non-hydrogen) atoms. The van der Waals surface area contributed by atoms with Crippen LogP contribution < -0.4 is 10.1 Å². The maximum absolute atomic E-state index is 11.9. The maximum atomic E-state index is 11.9. The molecule has 128 valence electrons. The van der Waals surface area contributed by atoms with Gasteiger partial charge in [0.25, 0.3) is 5.91 Å². The number of nitrogens with one attached hydrogen (secondary N) is 1. The van der Waals surface area contributed by atoms with Gasteiger partial charge < -0.3 is 14.8 Å². The molecule has 1 N–H and O–H groups in total. The van der Waals surface area contributed by atoms with E-state index >= 15 is 0 Å². The van der Waals surface area contributed by atoms with Gasteiger partial charge in [-0.2, -0.15) is 0 Å². The summed E-state index contributed by atoms with van der Waals surface area (Å²) in [4.78, 5) is 23.6. The van der Waals surface area contributed by atoms with Gasteiger partial charge in [0.15, 0.2) is 12.4 Å². The molecule has 9 nitrogen and oxygen atoms in total. The van der Waals surface area contributed by atoms with Crippen molar-refractivity contribution in [2.24, 2.45) is 0 Å². The van der Waals surface area contributed by atoms with E-state index in [9.17, 15) is 9.59 Å². The van der Waals surface area contributed by atoms with Crippen LogP contribution in [0, 0.1) is 0 Å². The number of aromatic nitrogens is 4. The van der Waals surface area contributed by atoms with Gasteiger partial charge in [0.05, 0.1) is 7.11 Å². The van der Waals surface area contributed by atoms with Crippen molar-refractivity contribution in [3.05, 3.63) is 35.7 Å². The van der Waals surface area contributed by atoms with E-state index < -0.39 is 5.97 Å². The van der Waals surface area contributed by atoms with Crippen LogP contribution >= 0.6 is 0 Å². The first-order chi connectivity index (χ1) is 11.6. The summed E-state index contributed by atoms with van der Waals surface area (Å²) in [5.74, 6) is 0.177. The highest BCUT2D eigenvalue weighted by molar-refractivity contribution is 5.95. The summed E-state index contributed by atoms with van der Waals surface area (Å²) in [7, 11) is 1.54. The number of aryl methyl sites for hydroxylation is 1. The predicted octanol–water partition coefficient (Wildman–Crippen LogP) is 0.565. The molecule has 0 aliphatic carbocycles. The number of ether oxygens (including phenoxy) is 2. The molecular formula is C15H19N5O4. The van der Waals surface area contributed by atoms with Crippen molar-refractivity contribution < 1.29 is 19.1 Å². The predicted molar refractivity (Wildman–Crippen MR) is 83.2 cm³/mol. The first-order valence-electron chi connectivity index (χ1n) is 7.47. The summed E-state index contributed by atoms with van der Waals surface area (Å²) in [6.45, 7) is 2.37. The second-order valence-corrected chi connectivity index (χ2v) is 4.89. The Kier molecular flexibility index (Phi) is 6.23. The van der Waals surface area contributed by atoms with Crippen molar-refractivity contribution in [3.8, 4) is 5.75 Å². The minimum atomic E-state index is -0.567. The maximum Gasteiger partial charge on any atom is 0.325 e. The molecule has 1 aromatic heterocycles. The molecule has 0 bridgehead atoms. The Labute approximate surface area is 138 Å². The highest BCUT2D eigenvalue weighted by Gasteiger charge is 2.11. The van der Waals surface area contributed by atoms with Crippen LogP contribution in [-0.4, -0.2) is 45.7 Å². The monoisotopic (exact) mass is 333 g/mol. The van der Waals surface area contributed by atoms with Gasteiger partial charge in [-0.1, -0.05) is 6.92 Å². The summed E-state index contributed by atoms with van der Waals surface area (Å²) >= 11 is 0. The molecule has 0 saturated carbocycles. The first-order valence-corrected chi connectivity index (χ1v) is 7.47. The lowest BCUT2D eigenvalue weighted by atomic mass is 10.2. The van der Waals surface area contributed by atoms with Crippen LogP contribution in [0.15, 0.2) is 24.3 Å². The SMILES string of the molecule is CCCn1nnnc1COC(=O)CNC(=O)c1ccc(OC)cc1. The van der Waals surface area contributed by atoms with Crippen molar-refractivity contribution in [1.29, 1.82) is 0 Å². The third-order valence-electron chi connectivity index (χ3n) is 3.15. The Morgan fingerprint density at radius 2 is 2.00 bits per heavy atom. The largest absolute Gasteiger partial charge is 0.497 e. The molecule has 1 heterocycles. The van der Waals surface area contributed by atoms with E-state index in [0.717, 1.165) is 6.42 Å². The third-order valence-corrected chi connectivity index (χ3v) is 3.15. The van der Waals surface area contributed by atoms with Crippen LogP contribution in [0.4, 0.5) is 0 Å². The molecule has 2 aromatic rings. The third kappa shape index (κ3) is 4.77. The second kappa shape index (κ2) is 8.61. The molecule has 0 saturated heterocycles. The van der Waals surface area contributed by atoms with Gasteiger partial charge in [0, 0.05) is 12.1 Å². The summed E-state index contributed by atoms with van der Waals surface area (Å²) < 4.78 is 11.6.